The number of rotatable bonds is 5. The summed E-state index contributed by atoms with van der Waals surface area (Å²) >= 11 is 1.90. The van der Waals surface area contributed by atoms with E-state index in [4.69, 9.17) is 0 Å². The number of fused-ring (bicyclic) bond motifs is 6. The molecule has 0 N–H and O–H groups in total. The Balaban J connectivity index is 1.19. The molecular weight excluding hydrogens is 623 g/mol. The molecule has 0 aliphatic carbocycles. The van der Waals surface area contributed by atoms with Crippen molar-refractivity contribution in [3.63, 3.8) is 0 Å². The van der Waals surface area contributed by atoms with Crippen LogP contribution in [0.2, 0.25) is 0 Å². The second-order valence-corrected chi connectivity index (χ2v) is 15.2. The van der Waals surface area contributed by atoms with Crippen molar-refractivity contribution in [2.24, 2.45) is 0 Å². The van der Waals surface area contributed by atoms with E-state index in [-0.39, 0.29) is 5.41 Å². The molecule has 0 bridgehead atoms. The fourth-order valence-corrected chi connectivity index (χ4v) is 8.81. The molecule has 0 atom stereocenters. The number of hydrogen-bond acceptors (Lipinski definition) is 2. The van der Waals surface area contributed by atoms with Crippen molar-refractivity contribution in [1.29, 1.82) is 0 Å². The number of thiophene rings is 1. The maximum absolute atomic E-state index is 2.42. The van der Waals surface area contributed by atoms with Gasteiger partial charge >= 0.3 is 0 Å². The summed E-state index contributed by atoms with van der Waals surface area (Å²) in [6.07, 6.45) is 0. The standard InChI is InChI=1S/C48H37NS/c1-48(2,3)35-25-29-37(30-26-35)49(45-21-11-18-41-38-15-8-7-14-33(38)24-31-42(41)45)36-27-22-34(23-28-36)40-17-10-20-44-43-19-9-16-39(46(43)50-47(40)44)32-12-5-4-6-13-32/h4-31H,1-3H3. The molecule has 2 heteroatoms. The van der Waals surface area contributed by atoms with E-state index in [2.05, 4.69) is 196 Å². The first kappa shape index (κ1) is 30.4. The molecule has 0 aliphatic heterocycles. The first-order valence-electron chi connectivity index (χ1n) is 17.4. The van der Waals surface area contributed by atoms with Gasteiger partial charge in [0.1, 0.15) is 0 Å². The summed E-state index contributed by atoms with van der Waals surface area (Å²) in [6, 6.07) is 62.4. The third kappa shape index (κ3) is 5.16. The van der Waals surface area contributed by atoms with E-state index in [9.17, 15) is 0 Å². The number of nitrogens with zero attached hydrogens (tertiary/aromatic N) is 1. The molecule has 0 radical (unpaired) electrons. The SMILES string of the molecule is CC(C)(C)c1ccc(N(c2ccc(-c3cccc4c3sc3c(-c5ccccc5)cccc34)cc2)c2cccc3c2ccc2ccccc23)cc1. The van der Waals surface area contributed by atoms with Gasteiger partial charge in [-0.3, -0.25) is 0 Å². The topological polar surface area (TPSA) is 3.24 Å². The zero-order valence-corrected chi connectivity index (χ0v) is 29.3. The van der Waals surface area contributed by atoms with Gasteiger partial charge in [0.15, 0.2) is 0 Å². The van der Waals surface area contributed by atoms with Crippen molar-refractivity contribution in [3.8, 4) is 22.3 Å². The molecule has 1 nitrogen and oxygen atoms in total. The highest BCUT2D eigenvalue weighted by Gasteiger charge is 2.19. The van der Waals surface area contributed by atoms with Gasteiger partial charge in [0.2, 0.25) is 0 Å². The van der Waals surface area contributed by atoms with Crippen LogP contribution >= 0.6 is 11.3 Å². The molecule has 0 saturated heterocycles. The van der Waals surface area contributed by atoms with Gasteiger partial charge in [-0.25, -0.2) is 0 Å². The lowest BCUT2D eigenvalue weighted by atomic mass is 9.87. The minimum Gasteiger partial charge on any atom is -0.310 e. The van der Waals surface area contributed by atoms with Crippen molar-refractivity contribution < 1.29 is 0 Å². The fraction of sp³-hybridized carbons (Fsp3) is 0.0833. The van der Waals surface area contributed by atoms with Crippen LogP contribution in [-0.2, 0) is 5.41 Å². The lowest BCUT2D eigenvalue weighted by Gasteiger charge is -2.28. The quantitative estimate of drug-likeness (QED) is 0.166. The van der Waals surface area contributed by atoms with E-state index < -0.39 is 0 Å². The van der Waals surface area contributed by atoms with E-state index in [0.717, 1.165) is 11.4 Å². The smallest absolute Gasteiger partial charge is 0.0540 e. The Morgan fingerprint density at radius 3 is 1.60 bits per heavy atom. The van der Waals surface area contributed by atoms with E-state index in [0.29, 0.717) is 0 Å². The zero-order valence-electron chi connectivity index (χ0n) is 28.5. The van der Waals surface area contributed by atoms with Crippen LogP contribution in [0.15, 0.2) is 170 Å². The average Bonchev–Trinajstić information content (AvgIpc) is 3.55. The number of anilines is 3. The Labute approximate surface area is 297 Å². The maximum atomic E-state index is 2.42. The maximum Gasteiger partial charge on any atom is 0.0540 e. The van der Waals surface area contributed by atoms with Gasteiger partial charge in [-0.1, -0.05) is 160 Å². The Bertz CT molecular complexity index is 2660. The molecule has 9 aromatic rings. The summed E-state index contributed by atoms with van der Waals surface area (Å²) in [5, 5.41) is 7.66. The van der Waals surface area contributed by atoms with Crippen molar-refractivity contribution in [3.05, 3.63) is 175 Å². The van der Waals surface area contributed by atoms with Gasteiger partial charge in [0.05, 0.1) is 5.69 Å². The van der Waals surface area contributed by atoms with Crippen molar-refractivity contribution >= 4 is 70.1 Å². The lowest BCUT2D eigenvalue weighted by molar-refractivity contribution is 0.590. The number of hydrogen-bond donors (Lipinski definition) is 0. The molecule has 0 amide bonds. The third-order valence-electron chi connectivity index (χ3n) is 10.0. The second-order valence-electron chi connectivity index (χ2n) is 14.2. The van der Waals surface area contributed by atoms with Crippen molar-refractivity contribution in [2.45, 2.75) is 26.2 Å². The van der Waals surface area contributed by atoms with Crippen molar-refractivity contribution in [2.75, 3.05) is 4.90 Å². The molecule has 8 aromatic carbocycles. The van der Waals surface area contributed by atoms with Crippen LogP contribution < -0.4 is 4.90 Å². The monoisotopic (exact) mass is 659 g/mol. The molecule has 0 unspecified atom stereocenters. The normalized spacial score (nSPS) is 11.9. The van der Waals surface area contributed by atoms with Gasteiger partial charge in [-0.15, -0.1) is 11.3 Å². The molecule has 240 valence electrons. The van der Waals surface area contributed by atoms with Gasteiger partial charge in [-0.2, -0.15) is 0 Å². The van der Waals surface area contributed by atoms with Crippen molar-refractivity contribution in [1.82, 2.24) is 0 Å². The van der Waals surface area contributed by atoms with E-state index in [1.165, 1.54) is 75.2 Å². The largest absolute Gasteiger partial charge is 0.310 e. The molecular formula is C48H37NS. The van der Waals surface area contributed by atoms with Crippen LogP contribution in [0.1, 0.15) is 26.3 Å². The highest BCUT2D eigenvalue weighted by Crippen LogP contribution is 2.45. The molecule has 50 heavy (non-hydrogen) atoms. The van der Waals surface area contributed by atoms with Gasteiger partial charge < -0.3 is 4.90 Å². The minimum absolute atomic E-state index is 0.0822. The molecule has 0 aliphatic rings. The lowest BCUT2D eigenvalue weighted by Crippen LogP contribution is -2.13. The highest BCUT2D eigenvalue weighted by molar-refractivity contribution is 7.26. The Morgan fingerprint density at radius 2 is 0.940 bits per heavy atom. The molecule has 0 saturated carbocycles. The first-order chi connectivity index (χ1) is 24.4. The Kier molecular flexibility index (Phi) is 7.30. The average molecular weight is 660 g/mol. The summed E-state index contributed by atoms with van der Waals surface area (Å²) in [5.74, 6) is 0. The molecule has 9 rings (SSSR count). The van der Waals surface area contributed by atoms with E-state index >= 15 is 0 Å². The zero-order chi connectivity index (χ0) is 33.8. The van der Waals surface area contributed by atoms with Gasteiger partial charge in [0, 0.05) is 36.9 Å². The van der Waals surface area contributed by atoms with Crippen LogP contribution in [0, 0.1) is 0 Å². The predicted octanol–water partition coefficient (Wildman–Crippen LogP) is 14.5. The predicted molar refractivity (Wildman–Crippen MR) is 219 cm³/mol. The summed E-state index contributed by atoms with van der Waals surface area (Å²) in [6.45, 7) is 6.82. The third-order valence-corrected chi connectivity index (χ3v) is 11.3. The second kappa shape index (κ2) is 12.0. The Morgan fingerprint density at radius 1 is 0.400 bits per heavy atom. The van der Waals surface area contributed by atoms with Crippen LogP contribution in [0.5, 0.6) is 0 Å². The molecule has 1 aromatic heterocycles. The fourth-order valence-electron chi connectivity index (χ4n) is 7.44. The van der Waals surface area contributed by atoms with Gasteiger partial charge in [-0.05, 0) is 79.7 Å². The summed E-state index contributed by atoms with van der Waals surface area (Å²) in [7, 11) is 0. The van der Waals surface area contributed by atoms with E-state index in [1.54, 1.807) is 0 Å². The minimum atomic E-state index is 0.0822. The van der Waals surface area contributed by atoms with Crippen LogP contribution in [-0.4, -0.2) is 0 Å². The van der Waals surface area contributed by atoms with Gasteiger partial charge in [0.25, 0.3) is 0 Å². The molecule has 0 fully saturated rings. The summed E-state index contributed by atoms with van der Waals surface area (Å²) < 4.78 is 2.67. The number of benzene rings is 8. The summed E-state index contributed by atoms with van der Waals surface area (Å²) in [5.41, 5.74) is 9.90. The van der Waals surface area contributed by atoms with E-state index in [1.807, 2.05) is 11.3 Å². The molecule has 1 heterocycles. The van der Waals surface area contributed by atoms with Crippen LogP contribution in [0.4, 0.5) is 17.1 Å². The Hall–Kier alpha value is -5.70. The summed E-state index contributed by atoms with van der Waals surface area (Å²) in [4.78, 5) is 2.42. The highest BCUT2D eigenvalue weighted by atomic mass is 32.1. The van der Waals surface area contributed by atoms with Crippen LogP contribution in [0.25, 0.3) is 64.0 Å². The molecule has 0 spiro atoms. The van der Waals surface area contributed by atoms with Crippen LogP contribution in [0.3, 0.4) is 0 Å². The first-order valence-corrected chi connectivity index (χ1v) is 18.2.